The highest BCUT2D eigenvalue weighted by Gasteiger charge is 2.49. The summed E-state index contributed by atoms with van der Waals surface area (Å²) in [5.74, 6) is -0.337. The van der Waals surface area contributed by atoms with Crippen LogP contribution in [-0.4, -0.2) is 147 Å². The fourth-order valence-electron chi connectivity index (χ4n) is 15.4. The molecule has 2 saturated carbocycles. The van der Waals surface area contributed by atoms with E-state index in [0.29, 0.717) is 101 Å². The minimum absolute atomic E-state index is 0.141. The maximum Gasteiger partial charge on any atom is 0.343 e. The van der Waals surface area contributed by atoms with Gasteiger partial charge in [0.15, 0.2) is 11.2 Å². The molecule has 2 amide bonds. The first-order valence-electron chi connectivity index (χ1n) is 31.7. The van der Waals surface area contributed by atoms with Gasteiger partial charge in [-0.05, 0) is 195 Å². The van der Waals surface area contributed by atoms with E-state index in [4.69, 9.17) is 42.1 Å². The van der Waals surface area contributed by atoms with E-state index >= 15 is 0 Å². The van der Waals surface area contributed by atoms with Crippen molar-refractivity contribution < 1.29 is 58.6 Å². The molecule has 18 heteroatoms. The molecule has 4 heterocycles. The summed E-state index contributed by atoms with van der Waals surface area (Å²) in [6.07, 6.45) is 18.5. The molecule has 4 N–H and O–H groups in total. The molecule has 0 radical (unpaired) electrons. The monoisotopic (exact) mass is 1240 g/mol. The summed E-state index contributed by atoms with van der Waals surface area (Å²) in [5, 5.41) is 47.5. The molecule has 4 aromatic carbocycles. The average Bonchev–Trinajstić information content (AvgIpc) is 1.70. The zero-order valence-electron chi connectivity index (χ0n) is 51.3. The number of aryl methyl sites for hydroxylation is 2. The highest BCUT2D eigenvalue weighted by molar-refractivity contribution is 6.31. The molecule has 472 valence electrons. The van der Waals surface area contributed by atoms with Gasteiger partial charge in [0.1, 0.15) is 11.5 Å². The van der Waals surface area contributed by atoms with Crippen molar-refractivity contribution >= 4 is 58.3 Å². The lowest BCUT2D eigenvalue weighted by atomic mass is 9.68. The van der Waals surface area contributed by atoms with Crippen LogP contribution >= 0.6 is 23.2 Å². The molecule has 16 nitrogen and oxygen atoms in total. The molecule has 12 rings (SSSR count). The molecule has 88 heavy (non-hydrogen) atoms. The Morgan fingerprint density at radius 2 is 1.00 bits per heavy atom. The second-order valence-electron chi connectivity index (χ2n) is 26.4. The van der Waals surface area contributed by atoms with E-state index in [9.17, 15) is 39.6 Å². The summed E-state index contributed by atoms with van der Waals surface area (Å²) in [5.41, 5.74) is 2.20. The number of aliphatic hydroxyl groups excluding tert-OH is 2. The zero-order chi connectivity index (χ0) is 62.1. The topological polar surface area (TPSA) is 199 Å². The highest BCUT2D eigenvalue weighted by Crippen LogP contribution is 2.50. The van der Waals surface area contributed by atoms with Crippen LogP contribution in [0.15, 0.2) is 97.1 Å². The number of hydrogen-bond donors (Lipinski definition) is 4. The molecule has 2 fully saturated rings. The van der Waals surface area contributed by atoms with Crippen molar-refractivity contribution in [1.82, 2.24) is 9.80 Å². The lowest BCUT2D eigenvalue weighted by Gasteiger charge is -2.45. The first-order valence-corrected chi connectivity index (χ1v) is 32.4. The average molecular weight is 1250 g/mol. The zero-order valence-corrected chi connectivity index (χ0v) is 52.8. The fourth-order valence-corrected chi connectivity index (χ4v) is 15.8. The van der Waals surface area contributed by atoms with Crippen LogP contribution in [0.25, 0.3) is 0 Å². The van der Waals surface area contributed by atoms with Gasteiger partial charge in [0.25, 0.3) is 0 Å². The van der Waals surface area contributed by atoms with Gasteiger partial charge in [-0.15, -0.1) is 0 Å². The number of carbonyl (C=O) groups is 4. The lowest BCUT2D eigenvalue weighted by molar-refractivity contribution is -0.168. The number of halogens is 2. The quantitative estimate of drug-likeness (QED) is 0.109. The maximum atomic E-state index is 13.3. The van der Waals surface area contributed by atoms with Gasteiger partial charge in [-0.3, -0.25) is 9.59 Å². The van der Waals surface area contributed by atoms with Crippen molar-refractivity contribution in [2.45, 2.75) is 137 Å². The van der Waals surface area contributed by atoms with Gasteiger partial charge in [0.2, 0.25) is 11.8 Å². The van der Waals surface area contributed by atoms with Gasteiger partial charge in [-0.2, -0.15) is 0 Å². The first kappa shape index (κ1) is 63.4. The van der Waals surface area contributed by atoms with Crippen LogP contribution in [0.1, 0.15) is 123 Å². The SMILES string of the molecule is COC(=O)[C@@]1(O)CC(=O)N(C)CCC/C=C\[C@H](O)[C@@H]2CC[C@H]2CN2C[C@@]3(CCCc4cc(Cl)ccc43)COc3ccc1cc32.COC(=O)[C@]1(O)CC(=O)N(C)CCC/C=C\[C@H](O)[C@@H]2CC[C@H]2CN2C[C@@]3(CCCc4cc(Cl)ccc43)COc3ccc1cc32. The van der Waals surface area contributed by atoms with Crippen molar-refractivity contribution in [1.29, 1.82) is 0 Å². The van der Waals surface area contributed by atoms with E-state index in [1.807, 2.05) is 36.4 Å². The molecule has 4 bridgehead atoms. The number of rotatable bonds is 2. The van der Waals surface area contributed by atoms with Crippen LogP contribution in [-0.2, 0) is 63.5 Å². The summed E-state index contributed by atoms with van der Waals surface area (Å²) in [7, 11) is 5.79. The lowest BCUT2D eigenvalue weighted by Crippen LogP contribution is -2.49. The fraction of sp³-hybridized carbons (Fsp3) is 0.543. The summed E-state index contributed by atoms with van der Waals surface area (Å²) >= 11 is 12.8. The minimum Gasteiger partial charge on any atom is -0.490 e. The third kappa shape index (κ3) is 12.7. The third-order valence-corrected chi connectivity index (χ3v) is 21.3. The van der Waals surface area contributed by atoms with Gasteiger partial charge in [0, 0.05) is 74.2 Å². The van der Waals surface area contributed by atoms with Gasteiger partial charge in [-0.1, -0.05) is 71.8 Å². The molecular weight excluding hydrogens is 1160 g/mol. The number of anilines is 2. The predicted molar refractivity (Wildman–Crippen MR) is 338 cm³/mol. The van der Waals surface area contributed by atoms with E-state index in [0.717, 1.165) is 85.6 Å². The van der Waals surface area contributed by atoms with Crippen molar-refractivity contribution in [3.63, 3.8) is 0 Å². The summed E-state index contributed by atoms with van der Waals surface area (Å²) in [6.45, 7) is 4.61. The largest absolute Gasteiger partial charge is 0.490 e. The van der Waals surface area contributed by atoms with Crippen molar-refractivity contribution in [3.8, 4) is 11.5 Å². The van der Waals surface area contributed by atoms with E-state index in [1.54, 1.807) is 50.5 Å². The Morgan fingerprint density at radius 1 is 0.580 bits per heavy atom. The molecular formula is C70H86Cl2N4O12. The van der Waals surface area contributed by atoms with E-state index in [2.05, 4.69) is 34.1 Å². The van der Waals surface area contributed by atoms with E-state index in [-0.39, 0.29) is 46.3 Å². The Morgan fingerprint density at radius 3 is 1.39 bits per heavy atom. The Bertz CT molecular complexity index is 3110. The van der Waals surface area contributed by atoms with Crippen LogP contribution in [0.4, 0.5) is 11.4 Å². The van der Waals surface area contributed by atoms with Crippen molar-refractivity contribution in [2.24, 2.45) is 23.7 Å². The van der Waals surface area contributed by atoms with Crippen LogP contribution in [0.3, 0.4) is 0 Å². The number of hydrogen-bond acceptors (Lipinski definition) is 14. The molecule has 10 atom stereocenters. The Kier molecular flexibility index (Phi) is 19.0. The number of allylic oxidation sites excluding steroid dienone is 2. The molecule has 0 unspecified atom stereocenters. The second kappa shape index (κ2) is 26.4. The van der Waals surface area contributed by atoms with Crippen LogP contribution in [0.2, 0.25) is 10.0 Å². The molecule has 8 aliphatic rings. The Labute approximate surface area is 527 Å². The molecule has 4 aliphatic heterocycles. The number of benzene rings is 4. The van der Waals surface area contributed by atoms with Crippen LogP contribution in [0.5, 0.6) is 11.5 Å². The van der Waals surface area contributed by atoms with Gasteiger partial charge >= 0.3 is 11.9 Å². The first-order chi connectivity index (χ1) is 42.3. The smallest absolute Gasteiger partial charge is 0.343 e. The van der Waals surface area contributed by atoms with E-state index < -0.39 is 48.2 Å². The van der Waals surface area contributed by atoms with Gasteiger partial charge in [-0.25, -0.2) is 9.59 Å². The Hall–Kier alpha value is -6.14. The number of carbonyl (C=O) groups excluding carboxylic acids is 4. The standard InChI is InChI=1S/2C35H43ClN2O6/c2*1-37-16-5-3-4-8-30(39)27-12-9-24(27)20-38-21-34(15-6-7-23-17-26(36)11-13-28(23)34)22-44-31-14-10-25(18-29(31)38)35(42,19-32(37)40)33(41)43-2/h2*4,8,10-11,13-14,17-18,24,27,30,39,42H,3,5-7,9,12,15-16,19-22H2,1-2H3/b2*8-4-/t24-,27+,30-,34-,35+;24-,27+,30-,34-,35-/m00/s1. The predicted octanol–water partition coefficient (Wildman–Crippen LogP) is 9.52. The highest BCUT2D eigenvalue weighted by atomic mass is 35.5. The summed E-state index contributed by atoms with van der Waals surface area (Å²) < 4.78 is 23.3. The molecule has 0 saturated heterocycles. The van der Waals surface area contributed by atoms with Crippen molar-refractivity contribution in [3.05, 3.63) is 141 Å². The minimum atomic E-state index is -2.16. The summed E-state index contributed by atoms with van der Waals surface area (Å²) in [6, 6.07) is 22.9. The number of ether oxygens (including phenoxy) is 4. The number of esters is 2. The summed E-state index contributed by atoms with van der Waals surface area (Å²) in [4.78, 5) is 60.6. The number of methoxy groups -OCH3 is 2. The Balaban J connectivity index is 0.000000182. The third-order valence-electron chi connectivity index (χ3n) is 20.9. The van der Waals surface area contributed by atoms with Crippen molar-refractivity contribution in [2.75, 3.05) is 90.6 Å². The van der Waals surface area contributed by atoms with Gasteiger partial charge in [0.05, 0.1) is 63.9 Å². The molecule has 2 spiro atoms. The molecule has 0 aromatic heterocycles. The molecule has 4 aliphatic carbocycles. The normalized spacial score (nSPS) is 31.5. The second-order valence-corrected chi connectivity index (χ2v) is 27.3. The van der Waals surface area contributed by atoms with Crippen LogP contribution < -0.4 is 19.3 Å². The maximum absolute atomic E-state index is 13.3. The number of fused-ring (bicyclic) bond motifs is 8. The van der Waals surface area contributed by atoms with Crippen LogP contribution in [0, 0.1) is 23.7 Å². The molecule has 4 aromatic rings. The van der Waals surface area contributed by atoms with E-state index in [1.165, 1.54) is 46.3 Å². The van der Waals surface area contributed by atoms with Gasteiger partial charge < -0.3 is 59.0 Å². The number of aliphatic hydroxyl groups is 4. The number of nitrogens with zero attached hydrogens (tertiary/aromatic N) is 4. The number of amides is 2.